The Balaban J connectivity index is 1.63. The Hall–Kier alpha value is -4.28. The van der Waals surface area contributed by atoms with E-state index in [2.05, 4.69) is 20.4 Å². The van der Waals surface area contributed by atoms with Gasteiger partial charge in [0.2, 0.25) is 0 Å². The number of hydrogen-bond acceptors (Lipinski definition) is 5. The number of nitrogens with one attached hydrogen (secondary N) is 1. The number of halogens is 4. The third kappa shape index (κ3) is 5.21. The van der Waals surface area contributed by atoms with E-state index in [1.165, 1.54) is 23.1 Å². The number of aliphatic hydroxyl groups is 1. The van der Waals surface area contributed by atoms with Gasteiger partial charge in [-0.15, -0.1) is 0 Å². The van der Waals surface area contributed by atoms with E-state index in [1.54, 1.807) is 18.2 Å². The van der Waals surface area contributed by atoms with Gasteiger partial charge in [-0.1, -0.05) is 42.8 Å². The third-order valence-electron chi connectivity index (χ3n) is 6.24. The fourth-order valence-corrected chi connectivity index (χ4v) is 4.42. The van der Waals surface area contributed by atoms with Gasteiger partial charge in [-0.2, -0.15) is 18.3 Å². The van der Waals surface area contributed by atoms with Crippen LogP contribution in [-0.2, 0) is 6.18 Å². The van der Waals surface area contributed by atoms with Crippen molar-refractivity contribution in [3.8, 4) is 17.1 Å². The van der Waals surface area contributed by atoms with Crippen LogP contribution in [0.5, 0.6) is 0 Å². The number of carbonyl (C=O) groups excluding carboxylic acids is 1. The van der Waals surface area contributed by atoms with E-state index in [1.807, 2.05) is 37.3 Å². The van der Waals surface area contributed by atoms with Crippen LogP contribution < -0.4 is 5.32 Å². The number of alkyl halides is 3. The summed E-state index contributed by atoms with van der Waals surface area (Å²) in [6, 6.07) is 17.7. The normalized spacial score (nSPS) is 12.5. The predicted octanol–water partition coefficient (Wildman–Crippen LogP) is 6.50. The maximum atomic E-state index is 13.8. The summed E-state index contributed by atoms with van der Waals surface area (Å²) in [4.78, 5) is 21.4. The number of benzene rings is 3. The van der Waals surface area contributed by atoms with Crippen LogP contribution in [0, 0.1) is 0 Å². The fourth-order valence-electron chi connectivity index (χ4n) is 4.17. The van der Waals surface area contributed by atoms with Gasteiger partial charge in [0.15, 0.2) is 5.82 Å². The molecular weight excluding hydrogens is 531 g/mol. The van der Waals surface area contributed by atoms with Crippen molar-refractivity contribution < 1.29 is 23.1 Å². The molecule has 7 nitrogen and oxygen atoms in total. The van der Waals surface area contributed by atoms with Crippen LogP contribution in [0.1, 0.15) is 34.3 Å². The molecular formula is C28H21ClF3N5O2. The van der Waals surface area contributed by atoms with Crippen LogP contribution in [0.15, 0.2) is 79.1 Å². The average molecular weight is 552 g/mol. The van der Waals surface area contributed by atoms with Crippen molar-refractivity contribution in [2.45, 2.75) is 19.0 Å². The molecule has 0 aliphatic carbocycles. The number of aromatic nitrogens is 4. The van der Waals surface area contributed by atoms with Gasteiger partial charge in [-0.3, -0.25) is 4.79 Å². The first-order valence-corrected chi connectivity index (χ1v) is 12.2. The van der Waals surface area contributed by atoms with Gasteiger partial charge in [0, 0.05) is 35.9 Å². The summed E-state index contributed by atoms with van der Waals surface area (Å²) in [6.07, 6.45) is -2.13. The Labute approximate surface area is 225 Å². The second kappa shape index (κ2) is 10.5. The fraction of sp³-hybridized carbons (Fsp3) is 0.143. The van der Waals surface area contributed by atoms with E-state index in [-0.39, 0.29) is 34.5 Å². The van der Waals surface area contributed by atoms with Crippen molar-refractivity contribution in [1.29, 1.82) is 0 Å². The summed E-state index contributed by atoms with van der Waals surface area (Å²) in [5.74, 6) is -0.754. The van der Waals surface area contributed by atoms with Gasteiger partial charge in [-0.05, 0) is 48.0 Å². The zero-order valence-corrected chi connectivity index (χ0v) is 21.2. The van der Waals surface area contributed by atoms with E-state index >= 15 is 0 Å². The molecule has 0 radical (unpaired) electrons. The lowest BCUT2D eigenvalue weighted by atomic mass is 10.0. The standard InChI is InChI=1S/C28H21ClF3N5O2/c1-16(15-38)17-8-9-19-24(12-17)36-37(18-6-3-2-4-7-18)26(19)35-27(39)21-13-20(25-33-10-5-11-34-25)22(14-23(21)29)28(30,31)32/h2-14,16,38H,15H2,1H3,(H,35,39). The number of hydrogen-bond donors (Lipinski definition) is 2. The van der Waals surface area contributed by atoms with Crippen LogP contribution in [0.25, 0.3) is 28.0 Å². The minimum absolute atomic E-state index is 0.0472. The van der Waals surface area contributed by atoms with Gasteiger partial charge in [0.05, 0.1) is 27.4 Å². The zero-order chi connectivity index (χ0) is 27.7. The van der Waals surface area contributed by atoms with E-state index in [4.69, 9.17) is 11.6 Å². The summed E-state index contributed by atoms with van der Waals surface area (Å²) < 4.78 is 43.1. The minimum Gasteiger partial charge on any atom is -0.396 e. The molecule has 2 heterocycles. The highest BCUT2D eigenvalue weighted by Gasteiger charge is 2.36. The van der Waals surface area contributed by atoms with Crippen LogP contribution in [-0.4, -0.2) is 37.4 Å². The molecule has 1 atom stereocenters. The van der Waals surface area contributed by atoms with E-state index in [9.17, 15) is 23.1 Å². The molecule has 2 aromatic heterocycles. The second-order valence-corrected chi connectivity index (χ2v) is 9.27. The van der Waals surface area contributed by atoms with Crippen molar-refractivity contribution in [3.63, 3.8) is 0 Å². The molecule has 0 aliphatic heterocycles. The van der Waals surface area contributed by atoms with E-state index < -0.39 is 17.6 Å². The summed E-state index contributed by atoms with van der Waals surface area (Å²) in [5.41, 5.74) is 0.453. The molecule has 1 unspecified atom stereocenters. The Morgan fingerprint density at radius 2 is 1.77 bits per heavy atom. The van der Waals surface area contributed by atoms with Crippen molar-refractivity contribution in [3.05, 3.63) is 101 Å². The smallest absolute Gasteiger partial charge is 0.396 e. The number of amides is 1. The maximum absolute atomic E-state index is 13.8. The largest absolute Gasteiger partial charge is 0.417 e. The summed E-state index contributed by atoms with van der Waals surface area (Å²) in [5, 5.41) is 17.2. The number of rotatable bonds is 6. The van der Waals surface area contributed by atoms with Crippen molar-refractivity contribution in [2.24, 2.45) is 0 Å². The maximum Gasteiger partial charge on any atom is 0.417 e. The number of anilines is 1. The number of aliphatic hydroxyl groups excluding tert-OH is 1. The monoisotopic (exact) mass is 551 g/mol. The number of para-hydroxylation sites is 1. The van der Waals surface area contributed by atoms with E-state index in [0.29, 0.717) is 28.5 Å². The Morgan fingerprint density at radius 1 is 1.05 bits per heavy atom. The SMILES string of the molecule is CC(CO)c1ccc2c(NC(=O)c3cc(-c4ncccn4)c(C(F)(F)F)cc3Cl)n(-c3ccccc3)nc2c1. The lowest BCUT2D eigenvalue weighted by molar-refractivity contribution is -0.137. The van der Waals surface area contributed by atoms with Gasteiger partial charge < -0.3 is 10.4 Å². The van der Waals surface area contributed by atoms with Crippen LogP contribution in [0.3, 0.4) is 0 Å². The van der Waals surface area contributed by atoms with Gasteiger partial charge >= 0.3 is 6.18 Å². The molecule has 2 N–H and O–H groups in total. The third-order valence-corrected chi connectivity index (χ3v) is 6.55. The molecule has 1 amide bonds. The topological polar surface area (TPSA) is 92.9 Å². The molecule has 0 spiro atoms. The first-order valence-electron chi connectivity index (χ1n) is 11.9. The average Bonchev–Trinajstić information content (AvgIpc) is 3.30. The van der Waals surface area contributed by atoms with Crippen LogP contribution in [0.2, 0.25) is 5.02 Å². The molecule has 11 heteroatoms. The Kier molecular flexibility index (Phi) is 7.07. The molecule has 0 aliphatic rings. The van der Waals surface area contributed by atoms with Gasteiger partial charge in [0.1, 0.15) is 5.82 Å². The molecule has 0 fully saturated rings. The van der Waals surface area contributed by atoms with E-state index in [0.717, 1.165) is 11.6 Å². The first kappa shape index (κ1) is 26.3. The quantitative estimate of drug-likeness (QED) is 0.251. The summed E-state index contributed by atoms with van der Waals surface area (Å²) in [6.45, 7) is 1.83. The zero-order valence-electron chi connectivity index (χ0n) is 20.4. The summed E-state index contributed by atoms with van der Waals surface area (Å²) >= 11 is 6.23. The minimum atomic E-state index is -4.75. The van der Waals surface area contributed by atoms with Crippen LogP contribution >= 0.6 is 11.6 Å². The highest BCUT2D eigenvalue weighted by atomic mass is 35.5. The molecule has 0 saturated carbocycles. The molecule has 0 saturated heterocycles. The predicted molar refractivity (Wildman–Crippen MR) is 142 cm³/mol. The lowest BCUT2D eigenvalue weighted by Crippen LogP contribution is -2.17. The highest BCUT2D eigenvalue weighted by Crippen LogP contribution is 2.39. The molecule has 5 rings (SSSR count). The first-order chi connectivity index (χ1) is 18.7. The highest BCUT2D eigenvalue weighted by molar-refractivity contribution is 6.34. The van der Waals surface area contributed by atoms with Crippen LogP contribution in [0.4, 0.5) is 19.0 Å². The van der Waals surface area contributed by atoms with Crippen molar-refractivity contribution in [1.82, 2.24) is 19.7 Å². The number of carbonyl (C=O) groups is 1. The Bertz CT molecular complexity index is 1660. The second-order valence-electron chi connectivity index (χ2n) is 8.86. The van der Waals surface area contributed by atoms with Crippen molar-refractivity contribution >= 4 is 34.2 Å². The molecule has 5 aromatic rings. The van der Waals surface area contributed by atoms with Gasteiger partial charge in [-0.25, -0.2) is 14.6 Å². The van der Waals surface area contributed by atoms with Crippen molar-refractivity contribution in [2.75, 3.05) is 11.9 Å². The molecule has 3 aromatic carbocycles. The van der Waals surface area contributed by atoms with Gasteiger partial charge in [0.25, 0.3) is 5.91 Å². The molecule has 39 heavy (non-hydrogen) atoms. The lowest BCUT2D eigenvalue weighted by Gasteiger charge is -2.16. The molecule has 198 valence electrons. The number of nitrogens with zero attached hydrogens (tertiary/aromatic N) is 4. The number of fused-ring (bicyclic) bond motifs is 1. The Morgan fingerprint density at radius 3 is 2.44 bits per heavy atom. The molecule has 0 bridgehead atoms. The summed E-state index contributed by atoms with van der Waals surface area (Å²) in [7, 11) is 0.